The molecule has 2 aromatic rings. The molecule has 0 radical (unpaired) electrons. The van der Waals surface area contributed by atoms with Crippen LogP contribution in [0, 0.1) is 10.1 Å². The van der Waals surface area contributed by atoms with Crippen LogP contribution in [0.1, 0.15) is 11.1 Å². The number of carbonyl (C=O) groups is 1. The minimum absolute atomic E-state index is 0.0891. The van der Waals surface area contributed by atoms with Gasteiger partial charge in [0.25, 0.3) is 11.6 Å². The number of nitrogens with zero attached hydrogens (tertiary/aromatic N) is 6. The van der Waals surface area contributed by atoms with Crippen molar-refractivity contribution in [3.63, 3.8) is 0 Å². The molecule has 3 aliphatic heterocycles. The Kier molecular flexibility index (Phi) is 5.43. The van der Waals surface area contributed by atoms with Crippen LogP contribution in [0.25, 0.3) is 0 Å². The number of benzene rings is 2. The van der Waals surface area contributed by atoms with Gasteiger partial charge in [0.2, 0.25) is 0 Å². The third-order valence-corrected chi connectivity index (χ3v) is 6.30. The van der Waals surface area contributed by atoms with Gasteiger partial charge in [-0.05, 0) is 19.2 Å². The van der Waals surface area contributed by atoms with E-state index < -0.39 is 4.92 Å². The number of amidine groups is 1. The first-order chi connectivity index (χ1) is 15.9. The number of piperazine rings is 1. The van der Waals surface area contributed by atoms with Crippen molar-refractivity contribution < 1.29 is 9.72 Å². The molecule has 1 fully saturated rings. The predicted octanol–water partition coefficient (Wildman–Crippen LogP) is 2.93. The second-order valence-corrected chi connectivity index (χ2v) is 8.53. The van der Waals surface area contributed by atoms with Gasteiger partial charge < -0.3 is 9.80 Å². The second-order valence-electron chi connectivity index (χ2n) is 8.13. The molecule has 0 unspecified atom stereocenters. The number of hydrogen-bond donors (Lipinski definition) is 0. The summed E-state index contributed by atoms with van der Waals surface area (Å²) in [6, 6.07) is 11.6. The minimum Gasteiger partial charge on any atom is -0.373 e. The molecule has 1 amide bonds. The molecule has 168 valence electrons. The fourth-order valence-corrected chi connectivity index (χ4v) is 4.40. The molecule has 3 heterocycles. The van der Waals surface area contributed by atoms with E-state index in [9.17, 15) is 14.9 Å². The molecule has 0 spiro atoms. The number of aliphatic imine (C=N–C) groups is 2. The van der Waals surface area contributed by atoms with E-state index >= 15 is 0 Å². The number of carbonyl (C=O) groups excluding carboxylic acids is 1. The van der Waals surface area contributed by atoms with E-state index in [2.05, 4.69) is 21.8 Å². The molecule has 5 rings (SSSR count). The molecule has 0 aliphatic carbocycles. The zero-order chi connectivity index (χ0) is 23.1. The lowest BCUT2D eigenvalue weighted by Crippen LogP contribution is -2.42. The van der Waals surface area contributed by atoms with Crippen LogP contribution in [0.3, 0.4) is 0 Å². The van der Waals surface area contributed by atoms with Gasteiger partial charge in [-0.15, -0.1) is 0 Å². The van der Waals surface area contributed by atoms with Gasteiger partial charge in [0.1, 0.15) is 11.5 Å². The third kappa shape index (κ3) is 3.90. The van der Waals surface area contributed by atoms with Gasteiger partial charge in [0, 0.05) is 60.7 Å². The largest absolute Gasteiger partial charge is 0.373 e. The normalized spacial score (nSPS) is 19.7. The predicted molar refractivity (Wildman–Crippen MR) is 127 cm³/mol. The van der Waals surface area contributed by atoms with E-state index in [0.717, 1.165) is 26.2 Å². The van der Waals surface area contributed by atoms with Crippen molar-refractivity contribution in [2.75, 3.05) is 44.7 Å². The number of nitro benzene ring substituents is 1. The lowest BCUT2D eigenvalue weighted by atomic mass is 9.99. The number of likely N-dealkylation sites (N-methyl/N-ethyl adjacent to an activating group) is 1. The third-order valence-electron chi connectivity index (χ3n) is 5.97. The van der Waals surface area contributed by atoms with Crippen LogP contribution in [-0.2, 0) is 4.79 Å². The molecular formula is C23H21ClN6O3. The Morgan fingerprint density at radius 2 is 1.85 bits per heavy atom. The summed E-state index contributed by atoms with van der Waals surface area (Å²) < 4.78 is 0. The number of hydrogen-bond acceptors (Lipinski definition) is 7. The maximum Gasteiger partial charge on any atom is 0.284 e. The SMILES string of the molecule is CN1CCN(/C=C2/N=C3CN=C(c4ccccc4Cl)c4cc([N+](=O)[O-])ccc4N3C2=O)CC1. The Balaban J connectivity index is 1.60. The Morgan fingerprint density at radius 3 is 2.58 bits per heavy atom. The molecule has 3 aliphatic rings. The highest BCUT2D eigenvalue weighted by Crippen LogP contribution is 2.35. The smallest absolute Gasteiger partial charge is 0.284 e. The zero-order valence-electron chi connectivity index (χ0n) is 17.9. The van der Waals surface area contributed by atoms with Gasteiger partial charge in [-0.2, -0.15) is 0 Å². The van der Waals surface area contributed by atoms with E-state index in [1.807, 2.05) is 12.1 Å². The number of non-ortho nitro benzene ring substituents is 1. The number of fused-ring (bicyclic) bond motifs is 3. The standard InChI is InChI=1S/C23H21ClN6O3/c1-27-8-10-28(11-9-27)14-19-23(31)29-20-7-6-15(30(32)33)12-17(20)22(25-13-21(29)26-19)16-4-2-3-5-18(16)24/h2-7,12,14H,8-11,13H2,1H3/b19-14+. The number of halogens is 1. The highest BCUT2D eigenvalue weighted by molar-refractivity contribution is 6.37. The number of rotatable bonds is 3. The second kappa shape index (κ2) is 8.42. The van der Waals surface area contributed by atoms with Crippen molar-refractivity contribution in [2.24, 2.45) is 9.98 Å². The fraction of sp³-hybridized carbons (Fsp3) is 0.261. The van der Waals surface area contributed by atoms with Crippen LogP contribution in [0.5, 0.6) is 0 Å². The van der Waals surface area contributed by atoms with Gasteiger partial charge in [0.05, 0.1) is 22.9 Å². The van der Waals surface area contributed by atoms with Gasteiger partial charge in [-0.25, -0.2) is 4.99 Å². The molecular weight excluding hydrogens is 444 g/mol. The van der Waals surface area contributed by atoms with E-state index in [1.165, 1.54) is 17.0 Å². The van der Waals surface area contributed by atoms with Crippen molar-refractivity contribution in [3.8, 4) is 0 Å². The monoisotopic (exact) mass is 464 g/mol. The summed E-state index contributed by atoms with van der Waals surface area (Å²) >= 11 is 6.43. The molecule has 33 heavy (non-hydrogen) atoms. The van der Waals surface area contributed by atoms with Crippen molar-refractivity contribution >= 4 is 40.4 Å². The molecule has 0 N–H and O–H groups in total. The van der Waals surface area contributed by atoms with Gasteiger partial charge in [-0.1, -0.05) is 29.8 Å². The molecule has 9 nitrogen and oxygen atoms in total. The Bertz CT molecular complexity index is 1250. The summed E-state index contributed by atoms with van der Waals surface area (Å²) in [6.45, 7) is 3.60. The molecule has 0 aromatic heterocycles. The summed E-state index contributed by atoms with van der Waals surface area (Å²) in [5.41, 5.74) is 2.36. The quantitative estimate of drug-likeness (QED) is 0.395. The van der Waals surface area contributed by atoms with E-state index in [1.54, 1.807) is 24.4 Å². The lowest BCUT2D eigenvalue weighted by Gasteiger charge is -2.31. The van der Waals surface area contributed by atoms with Crippen molar-refractivity contribution in [2.45, 2.75) is 0 Å². The summed E-state index contributed by atoms with van der Waals surface area (Å²) in [6.07, 6.45) is 1.81. The van der Waals surface area contributed by atoms with Gasteiger partial charge in [-0.3, -0.25) is 24.8 Å². The first kappa shape index (κ1) is 21.3. The summed E-state index contributed by atoms with van der Waals surface area (Å²) in [5.74, 6) is 0.215. The topological polar surface area (TPSA) is 94.7 Å². The van der Waals surface area contributed by atoms with E-state index in [-0.39, 0.29) is 18.1 Å². The summed E-state index contributed by atoms with van der Waals surface area (Å²) in [5, 5.41) is 12.0. The molecule has 2 aromatic carbocycles. The average Bonchev–Trinajstić information content (AvgIpc) is 3.01. The van der Waals surface area contributed by atoms with E-state index in [4.69, 9.17) is 16.6 Å². The molecule has 0 bridgehead atoms. The lowest BCUT2D eigenvalue weighted by molar-refractivity contribution is -0.384. The highest BCUT2D eigenvalue weighted by Gasteiger charge is 2.36. The molecule has 0 saturated carbocycles. The number of anilines is 1. The van der Waals surface area contributed by atoms with Crippen molar-refractivity contribution in [3.05, 3.63) is 80.6 Å². The summed E-state index contributed by atoms with van der Waals surface area (Å²) in [7, 11) is 2.07. The molecule has 10 heteroatoms. The van der Waals surface area contributed by atoms with Gasteiger partial charge in [0.15, 0.2) is 0 Å². The Morgan fingerprint density at radius 1 is 1.09 bits per heavy atom. The van der Waals surface area contributed by atoms with Crippen LogP contribution >= 0.6 is 11.6 Å². The average molecular weight is 465 g/mol. The van der Waals surface area contributed by atoms with E-state index in [0.29, 0.717) is 39.1 Å². The maximum absolute atomic E-state index is 13.4. The van der Waals surface area contributed by atoms with Gasteiger partial charge >= 0.3 is 0 Å². The Labute approximate surface area is 195 Å². The first-order valence-corrected chi connectivity index (χ1v) is 10.9. The maximum atomic E-state index is 13.4. The van der Waals surface area contributed by atoms with Crippen LogP contribution in [-0.4, -0.2) is 71.9 Å². The highest BCUT2D eigenvalue weighted by atomic mass is 35.5. The first-order valence-electron chi connectivity index (χ1n) is 10.6. The summed E-state index contributed by atoms with van der Waals surface area (Å²) in [4.78, 5) is 39.6. The Hall–Kier alpha value is -3.56. The number of amides is 1. The van der Waals surface area contributed by atoms with Crippen LogP contribution in [0.15, 0.2) is 64.3 Å². The van der Waals surface area contributed by atoms with Crippen molar-refractivity contribution in [1.29, 1.82) is 0 Å². The zero-order valence-corrected chi connectivity index (χ0v) is 18.7. The van der Waals surface area contributed by atoms with Crippen LogP contribution < -0.4 is 4.90 Å². The van der Waals surface area contributed by atoms with Crippen LogP contribution in [0.2, 0.25) is 5.02 Å². The van der Waals surface area contributed by atoms with Crippen molar-refractivity contribution in [1.82, 2.24) is 9.80 Å². The minimum atomic E-state index is -0.463. The fourth-order valence-electron chi connectivity index (χ4n) is 4.17. The molecule has 0 atom stereocenters. The molecule has 1 saturated heterocycles. The number of nitro groups is 1. The van der Waals surface area contributed by atoms with Crippen LogP contribution in [0.4, 0.5) is 11.4 Å².